The zero-order chi connectivity index (χ0) is 19.8. The molecular weight excluding hydrogens is 386 g/mol. The molecule has 140 valence electrons. The number of aromatic nitrogens is 2. The predicted octanol–water partition coefficient (Wildman–Crippen LogP) is 5.38. The highest BCUT2D eigenvalue weighted by Crippen LogP contribution is 2.29. The molecule has 0 aliphatic rings. The molecule has 0 fully saturated rings. The van der Waals surface area contributed by atoms with Gasteiger partial charge in [0, 0.05) is 11.6 Å². The SMILES string of the molecule is O=C(O)c1ccc2c(c1)nc(-c1cc(F)ccc1F)n2Cc1ccc(Cl)cc1. The van der Waals surface area contributed by atoms with Gasteiger partial charge in [0.25, 0.3) is 0 Å². The number of carboxylic acid groups (broad SMARTS) is 1. The lowest BCUT2D eigenvalue weighted by molar-refractivity contribution is 0.0697. The smallest absolute Gasteiger partial charge is 0.335 e. The van der Waals surface area contributed by atoms with Crippen molar-refractivity contribution in [2.45, 2.75) is 6.54 Å². The monoisotopic (exact) mass is 398 g/mol. The average molecular weight is 399 g/mol. The van der Waals surface area contributed by atoms with Gasteiger partial charge in [-0.15, -0.1) is 0 Å². The Morgan fingerprint density at radius 2 is 1.79 bits per heavy atom. The number of fused-ring (bicyclic) bond motifs is 1. The van der Waals surface area contributed by atoms with Gasteiger partial charge in [0.15, 0.2) is 0 Å². The van der Waals surface area contributed by atoms with Crippen LogP contribution in [-0.2, 0) is 6.54 Å². The molecular formula is C21H13ClF2N2O2. The summed E-state index contributed by atoms with van der Waals surface area (Å²) < 4.78 is 29.9. The lowest BCUT2D eigenvalue weighted by Crippen LogP contribution is -2.04. The maximum Gasteiger partial charge on any atom is 0.335 e. The molecule has 0 atom stereocenters. The first-order chi connectivity index (χ1) is 13.4. The third-order valence-electron chi connectivity index (χ3n) is 4.42. The minimum Gasteiger partial charge on any atom is -0.478 e. The van der Waals surface area contributed by atoms with Gasteiger partial charge >= 0.3 is 5.97 Å². The molecule has 4 nitrogen and oxygen atoms in total. The summed E-state index contributed by atoms with van der Waals surface area (Å²) >= 11 is 5.94. The fraction of sp³-hybridized carbons (Fsp3) is 0.0476. The summed E-state index contributed by atoms with van der Waals surface area (Å²) in [5.74, 6) is -2.09. The van der Waals surface area contributed by atoms with E-state index in [1.165, 1.54) is 12.1 Å². The molecule has 0 aliphatic carbocycles. The summed E-state index contributed by atoms with van der Waals surface area (Å²) in [5, 5.41) is 9.81. The van der Waals surface area contributed by atoms with Crippen molar-refractivity contribution in [1.29, 1.82) is 0 Å². The molecule has 4 rings (SSSR count). The summed E-state index contributed by atoms with van der Waals surface area (Å²) in [4.78, 5) is 15.7. The van der Waals surface area contributed by atoms with Gasteiger partial charge < -0.3 is 9.67 Å². The van der Waals surface area contributed by atoms with Crippen LogP contribution in [0.15, 0.2) is 60.7 Å². The molecule has 0 bridgehead atoms. The van der Waals surface area contributed by atoms with Crippen molar-refractivity contribution in [2.75, 3.05) is 0 Å². The fourth-order valence-electron chi connectivity index (χ4n) is 3.07. The number of halogens is 3. The van der Waals surface area contributed by atoms with Crippen LogP contribution in [0, 0.1) is 11.6 Å². The van der Waals surface area contributed by atoms with Crippen molar-refractivity contribution in [3.8, 4) is 11.4 Å². The zero-order valence-corrected chi connectivity index (χ0v) is 15.1. The van der Waals surface area contributed by atoms with Gasteiger partial charge in [-0.2, -0.15) is 0 Å². The number of hydrogen-bond acceptors (Lipinski definition) is 2. The number of aromatic carboxylic acids is 1. The highest BCUT2D eigenvalue weighted by atomic mass is 35.5. The van der Waals surface area contributed by atoms with Crippen molar-refractivity contribution in [3.05, 3.63) is 88.4 Å². The highest BCUT2D eigenvalue weighted by Gasteiger charge is 2.18. The molecule has 1 aromatic heterocycles. The van der Waals surface area contributed by atoms with Crippen LogP contribution >= 0.6 is 11.6 Å². The summed E-state index contributed by atoms with van der Waals surface area (Å²) in [6, 6.07) is 14.8. The van der Waals surface area contributed by atoms with Crippen molar-refractivity contribution in [3.63, 3.8) is 0 Å². The molecule has 1 N–H and O–H groups in total. The largest absolute Gasteiger partial charge is 0.478 e. The van der Waals surface area contributed by atoms with Gasteiger partial charge in [0.05, 0.1) is 22.2 Å². The molecule has 28 heavy (non-hydrogen) atoms. The van der Waals surface area contributed by atoms with Gasteiger partial charge in [-0.3, -0.25) is 0 Å². The van der Waals surface area contributed by atoms with Crippen LogP contribution in [0.5, 0.6) is 0 Å². The number of carboxylic acids is 1. The molecule has 0 amide bonds. The number of rotatable bonds is 4. The second-order valence-electron chi connectivity index (χ2n) is 6.28. The molecule has 1 heterocycles. The van der Waals surface area contributed by atoms with E-state index in [2.05, 4.69) is 4.98 Å². The molecule has 0 unspecified atom stereocenters. The van der Waals surface area contributed by atoms with E-state index in [4.69, 9.17) is 11.6 Å². The van der Waals surface area contributed by atoms with E-state index in [0.29, 0.717) is 22.6 Å². The Morgan fingerprint density at radius 3 is 2.50 bits per heavy atom. The predicted molar refractivity (Wildman–Crippen MR) is 103 cm³/mol. The van der Waals surface area contributed by atoms with Crippen molar-refractivity contribution in [1.82, 2.24) is 9.55 Å². The van der Waals surface area contributed by atoms with E-state index in [9.17, 15) is 18.7 Å². The van der Waals surface area contributed by atoms with Crippen LogP contribution in [0.2, 0.25) is 5.02 Å². The first-order valence-corrected chi connectivity index (χ1v) is 8.73. The van der Waals surface area contributed by atoms with Crippen LogP contribution < -0.4 is 0 Å². The third kappa shape index (κ3) is 3.34. The Bertz CT molecular complexity index is 1200. The Morgan fingerprint density at radius 1 is 1.04 bits per heavy atom. The summed E-state index contributed by atoms with van der Waals surface area (Å²) in [5.41, 5.74) is 1.94. The minimum atomic E-state index is -1.09. The standard InChI is InChI=1S/C21H13ClF2N2O2/c22-14-4-1-12(2-5-14)11-26-19-8-3-13(21(27)28)9-18(19)25-20(26)16-10-15(23)6-7-17(16)24/h1-10H,11H2,(H,27,28). The van der Waals surface area contributed by atoms with Crippen LogP contribution in [0.4, 0.5) is 8.78 Å². The summed E-state index contributed by atoms with van der Waals surface area (Å²) in [6.45, 7) is 0.325. The van der Waals surface area contributed by atoms with Crippen LogP contribution in [-0.4, -0.2) is 20.6 Å². The molecule has 0 saturated carbocycles. The van der Waals surface area contributed by atoms with E-state index in [1.807, 2.05) is 12.1 Å². The number of hydrogen-bond donors (Lipinski definition) is 1. The van der Waals surface area contributed by atoms with E-state index in [0.717, 1.165) is 23.8 Å². The van der Waals surface area contributed by atoms with Gasteiger partial charge in [-0.25, -0.2) is 18.6 Å². The molecule has 3 aromatic carbocycles. The third-order valence-corrected chi connectivity index (χ3v) is 4.67. The van der Waals surface area contributed by atoms with Crippen LogP contribution in [0.1, 0.15) is 15.9 Å². The van der Waals surface area contributed by atoms with E-state index >= 15 is 0 Å². The summed E-state index contributed by atoms with van der Waals surface area (Å²) in [6.07, 6.45) is 0. The number of carbonyl (C=O) groups is 1. The average Bonchev–Trinajstić information content (AvgIpc) is 3.03. The number of nitrogens with zero attached hydrogens (tertiary/aromatic N) is 2. The van der Waals surface area contributed by atoms with Crippen LogP contribution in [0.25, 0.3) is 22.4 Å². The van der Waals surface area contributed by atoms with Crippen LogP contribution in [0.3, 0.4) is 0 Å². The topological polar surface area (TPSA) is 55.1 Å². The first-order valence-electron chi connectivity index (χ1n) is 8.36. The van der Waals surface area contributed by atoms with E-state index in [-0.39, 0.29) is 17.0 Å². The zero-order valence-electron chi connectivity index (χ0n) is 14.4. The maximum atomic E-state index is 14.4. The van der Waals surface area contributed by atoms with Crippen molar-refractivity contribution in [2.24, 2.45) is 0 Å². The summed E-state index contributed by atoms with van der Waals surface area (Å²) in [7, 11) is 0. The molecule has 0 saturated heterocycles. The first kappa shape index (κ1) is 18.1. The lowest BCUT2D eigenvalue weighted by atomic mass is 10.1. The maximum absolute atomic E-state index is 14.4. The number of imidazole rings is 1. The fourth-order valence-corrected chi connectivity index (χ4v) is 3.20. The minimum absolute atomic E-state index is 0.00189. The molecule has 7 heteroatoms. The Balaban J connectivity index is 1.94. The van der Waals surface area contributed by atoms with Crippen molar-refractivity contribution < 1.29 is 18.7 Å². The quantitative estimate of drug-likeness (QED) is 0.502. The van der Waals surface area contributed by atoms with Gasteiger partial charge in [-0.1, -0.05) is 23.7 Å². The van der Waals surface area contributed by atoms with E-state index in [1.54, 1.807) is 22.8 Å². The number of benzene rings is 3. The Kier molecular flexibility index (Phi) is 4.57. The molecule has 4 aromatic rings. The molecule has 0 aliphatic heterocycles. The van der Waals surface area contributed by atoms with E-state index < -0.39 is 17.6 Å². The second kappa shape index (κ2) is 7.05. The second-order valence-corrected chi connectivity index (χ2v) is 6.72. The Hall–Kier alpha value is -3.25. The highest BCUT2D eigenvalue weighted by molar-refractivity contribution is 6.30. The normalized spacial score (nSPS) is 11.1. The van der Waals surface area contributed by atoms with Gasteiger partial charge in [0.2, 0.25) is 0 Å². The molecule has 0 radical (unpaired) electrons. The Labute approximate surface area is 163 Å². The molecule has 0 spiro atoms. The van der Waals surface area contributed by atoms with Gasteiger partial charge in [-0.05, 0) is 54.1 Å². The van der Waals surface area contributed by atoms with Crippen molar-refractivity contribution >= 4 is 28.6 Å². The van der Waals surface area contributed by atoms with Gasteiger partial charge in [0.1, 0.15) is 17.5 Å². The lowest BCUT2D eigenvalue weighted by Gasteiger charge is -2.11.